The lowest BCUT2D eigenvalue weighted by Crippen LogP contribution is -2.44. The monoisotopic (exact) mass is 244 g/mol. The van der Waals surface area contributed by atoms with Crippen LogP contribution in [0.25, 0.3) is 0 Å². The van der Waals surface area contributed by atoms with Crippen LogP contribution in [-0.2, 0) is 9.22 Å². The summed E-state index contributed by atoms with van der Waals surface area (Å²) in [5.74, 6) is 0. The zero-order valence-electron chi connectivity index (χ0n) is 11.8. The van der Waals surface area contributed by atoms with Crippen LogP contribution in [0.2, 0.25) is 18.1 Å². The lowest BCUT2D eigenvalue weighted by Gasteiger charge is -2.39. The fourth-order valence-corrected chi connectivity index (χ4v) is 2.85. The topological polar surface area (TPSA) is 26.3 Å². The van der Waals surface area contributed by atoms with Crippen molar-refractivity contribution < 1.29 is 9.22 Å². The molecule has 3 heteroatoms. The molecule has 2 nitrogen and oxygen atoms in total. The predicted octanol–water partition coefficient (Wildman–Crippen LogP) is 4.16. The molecular formula is C13H28O2Si. The van der Waals surface area contributed by atoms with E-state index in [2.05, 4.69) is 40.8 Å². The molecule has 0 aromatic rings. The van der Waals surface area contributed by atoms with Gasteiger partial charge in [-0.2, -0.15) is 0 Å². The second-order valence-corrected chi connectivity index (χ2v) is 10.8. The van der Waals surface area contributed by atoms with E-state index in [0.717, 1.165) is 25.5 Å². The van der Waals surface area contributed by atoms with Gasteiger partial charge in [-0.25, -0.2) is 0 Å². The molecule has 0 fully saturated rings. The van der Waals surface area contributed by atoms with E-state index in [1.165, 1.54) is 0 Å². The van der Waals surface area contributed by atoms with Gasteiger partial charge in [0.25, 0.3) is 0 Å². The van der Waals surface area contributed by atoms with Crippen molar-refractivity contribution in [2.24, 2.45) is 0 Å². The summed E-state index contributed by atoms with van der Waals surface area (Å²) in [5.41, 5.74) is 0. The van der Waals surface area contributed by atoms with Gasteiger partial charge in [0.15, 0.2) is 8.32 Å². The first kappa shape index (κ1) is 15.8. The van der Waals surface area contributed by atoms with Crippen LogP contribution in [-0.4, -0.2) is 20.7 Å². The Morgan fingerprint density at radius 2 is 1.81 bits per heavy atom. The van der Waals surface area contributed by atoms with Crippen LogP contribution in [0.5, 0.6) is 0 Å². The van der Waals surface area contributed by atoms with Crippen LogP contribution in [0, 0.1) is 0 Å². The zero-order valence-corrected chi connectivity index (χ0v) is 12.8. The number of carbonyl (C=O) groups is 1. The Balaban J connectivity index is 4.42. The molecule has 0 radical (unpaired) electrons. The minimum atomic E-state index is -1.67. The fourth-order valence-electron chi connectivity index (χ4n) is 1.43. The van der Waals surface area contributed by atoms with E-state index in [-0.39, 0.29) is 11.1 Å². The van der Waals surface area contributed by atoms with Crippen LogP contribution in [0.15, 0.2) is 0 Å². The highest BCUT2D eigenvalue weighted by Gasteiger charge is 2.38. The van der Waals surface area contributed by atoms with E-state index in [9.17, 15) is 4.79 Å². The molecule has 0 aliphatic heterocycles. The Hall–Kier alpha value is -0.153. The highest BCUT2D eigenvalue weighted by molar-refractivity contribution is 6.74. The standard InChI is InChI=1S/C13H28O2Si/c1-7-9-12(10-8-11-14)15-16(5,6)13(2,3)4/h11-12H,7-10H2,1-6H3/t12-/m1/s1. The van der Waals surface area contributed by atoms with Gasteiger partial charge >= 0.3 is 0 Å². The van der Waals surface area contributed by atoms with E-state index in [1.807, 2.05) is 0 Å². The van der Waals surface area contributed by atoms with Crippen molar-refractivity contribution in [3.8, 4) is 0 Å². The van der Waals surface area contributed by atoms with E-state index in [0.29, 0.717) is 6.42 Å². The number of aldehydes is 1. The summed E-state index contributed by atoms with van der Waals surface area (Å²) in [4.78, 5) is 10.4. The zero-order chi connectivity index (χ0) is 12.8. The van der Waals surface area contributed by atoms with Gasteiger partial charge in [0.05, 0.1) is 0 Å². The van der Waals surface area contributed by atoms with Crippen molar-refractivity contribution in [3.63, 3.8) is 0 Å². The van der Waals surface area contributed by atoms with Crippen LogP contribution in [0.4, 0.5) is 0 Å². The molecule has 1 atom stereocenters. The van der Waals surface area contributed by atoms with Gasteiger partial charge in [-0.1, -0.05) is 34.1 Å². The minimum Gasteiger partial charge on any atom is -0.414 e. The summed E-state index contributed by atoms with van der Waals surface area (Å²) < 4.78 is 6.32. The van der Waals surface area contributed by atoms with Gasteiger partial charge in [-0.3, -0.25) is 0 Å². The van der Waals surface area contributed by atoms with Crippen LogP contribution in [0.3, 0.4) is 0 Å². The van der Waals surface area contributed by atoms with E-state index in [4.69, 9.17) is 4.43 Å². The molecule has 0 aliphatic rings. The summed E-state index contributed by atoms with van der Waals surface area (Å²) in [5, 5.41) is 0.250. The lowest BCUT2D eigenvalue weighted by molar-refractivity contribution is -0.108. The second-order valence-electron chi connectivity index (χ2n) is 6.03. The third kappa shape index (κ3) is 5.26. The summed E-state index contributed by atoms with van der Waals surface area (Å²) in [6.45, 7) is 13.5. The molecule has 0 aromatic carbocycles. The van der Waals surface area contributed by atoms with Crippen molar-refractivity contribution in [2.45, 2.75) is 77.6 Å². The number of rotatable bonds is 7. The summed E-state index contributed by atoms with van der Waals surface area (Å²) in [6.07, 6.45) is 4.97. The van der Waals surface area contributed by atoms with Gasteiger partial charge < -0.3 is 9.22 Å². The molecule has 16 heavy (non-hydrogen) atoms. The summed E-state index contributed by atoms with van der Waals surface area (Å²) in [6, 6.07) is 0. The summed E-state index contributed by atoms with van der Waals surface area (Å²) >= 11 is 0. The second kappa shape index (κ2) is 6.55. The maximum Gasteiger partial charge on any atom is 0.192 e. The highest BCUT2D eigenvalue weighted by atomic mass is 28.4. The molecule has 0 saturated carbocycles. The maximum absolute atomic E-state index is 10.4. The number of hydrogen-bond acceptors (Lipinski definition) is 2. The molecule has 96 valence electrons. The predicted molar refractivity (Wildman–Crippen MR) is 72.3 cm³/mol. The Bertz CT molecular complexity index is 206. The largest absolute Gasteiger partial charge is 0.414 e. The van der Waals surface area contributed by atoms with E-state index < -0.39 is 8.32 Å². The number of hydrogen-bond donors (Lipinski definition) is 0. The van der Waals surface area contributed by atoms with Gasteiger partial charge in [0, 0.05) is 12.5 Å². The average Bonchev–Trinajstić information content (AvgIpc) is 2.12. The van der Waals surface area contributed by atoms with Crippen LogP contribution in [0.1, 0.15) is 53.4 Å². The first-order chi connectivity index (χ1) is 7.24. The molecular weight excluding hydrogens is 216 g/mol. The molecule has 0 amide bonds. The maximum atomic E-state index is 10.4. The molecule has 0 aliphatic carbocycles. The fraction of sp³-hybridized carbons (Fsp3) is 0.923. The third-order valence-corrected chi connectivity index (χ3v) is 8.02. The van der Waals surface area contributed by atoms with Crippen molar-refractivity contribution in [2.75, 3.05) is 0 Å². The number of carbonyl (C=O) groups excluding carboxylic acids is 1. The first-order valence-corrected chi connectivity index (χ1v) is 9.27. The molecule has 0 N–H and O–H groups in total. The van der Waals surface area contributed by atoms with Crippen molar-refractivity contribution in [1.82, 2.24) is 0 Å². The lowest BCUT2D eigenvalue weighted by atomic mass is 10.1. The van der Waals surface area contributed by atoms with Crippen molar-refractivity contribution in [3.05, 3.63) is 0 Å². The molecule has 0 spiro atoms. The molecule has 0 heterocycles. The first-order valence-electron chi connectivity index (χ1n) is 6.36. The Kier molecular flexibility index (Phi) is 6.49. The van der Waals surface area contributed by atoms with Crippen LogP contribution < -0.4 is 0 Å². The normalized spacial score (nSPS) is 14.9. The van der Waals surface area contributed by atoms with E-state index >= 15 is 0 Å². The average molecular weight is 244 g/mol. The molecule has 0 bridgehead atoms. The highest BCUT2D eigenvalue weighted by Crippen LogP contribution is 2.38. The smallest absolute Gasteiger partial charge is 0.192 e. The SMILES string of the molecule is CCC[C@H](CCC=O)O[Si](C)(C)C(C)(C)C. The van der Waals surface area contributed by atoms with Gasteiger partial charge in [-0.15, -0.1) is 0 Å². The molecule has 0 unspecified atom stereocenters. The Morgan fingerprint density at radius 3 is 2.19 bits per heavy atom. The van der Waals surface area contributed by atoms with Crippen LogP contribution >= 0.6 is 0 Å². The van der Waals surface area contributed by atoms with Crippen molar-refractivity contribution >= 4 is 14.6 Å². The molecule has 0 rings (SSSR count). The summed E-state index contributed by atoms with van der Waals surface area (Å²) in [7, 11) is -1.67. The van der Waals surface area contributed by atoms with Crippen molar-refractivity contribution in [1.29, 1.82) is 0 Å². The Morgan fingerprint density at radius 1 is 1.25 bits per heavy atom. The van der Waals surface area contributed by atoms with E-state index in [1.54, 1.807) is 0 Å². The minimum absolute atomic E-state index is 0.250. The van der Waals surface area contributed by atoms with Gasteiger partial charge in [0.1, 0.15) is 6.29 Å². The molecule has 0 aromatic heterocycles. The molecule has 0 saturated heterocycles. The van der Waals surface area contributed by atoms with Gasteiger partial charge in [0.2, 0.25) is 0 Å². The van der Waals surface area contributed by atoms with Gasteiger partial charge in [-0.05, 0) is 31.0 Å². The quantitative estimate of drug-likeness (QED) is 0.496. The Labute approximate surface area is 102 Å². The third-order valence-electron chi connectivity index (χ3n) is 3.48.